The molecule has 3 heterocycles. The number of carbonyl (C=O) groups is 1. The summed E-state index contributed by atoms with van der Waals surface area (Å²) in [6.45, 7) is 14.8. The molecule has 33 heavy (non-hydrogen) atoms. The molecule has 0 bridgehead atoms. The summed E-state index contributed by atoms with van der Waals surface area (Å²) >= 11 is 0. The Morgan fingerprint density at radius 2 is 1.94 bits per heavy atom. The van der Waals surface area contributed by atoms with Crippen LogP contribution in [-0.4, -0.2) is 72.8 Å². The van der Waals surface area contributed by atoms with Crippen molar-refractivity contribution in [2.24, 2.45) is 5.92 Å². The zero-order valence-electron chi connectivity index (χ0n) is 21.1. The van der Waals surface area contributed by atoms with E-state index in [1.54, 1.807) is 0 Å². The van der Waals surface area contributed by atoms with Crippen LogP contribution in [0.2, 0.25) is 0 Å². The fourth-order valence-electron chi connectivity index (χ4n) is 5.52. The lowest BCUT2D eigenvalue weighted by Gasteiger charge is -2.41. The molecule has 184 valence electrons. The van der Waals surface area contributed by atoms with Crippen LogP contribution in [0.4, 0.5) is 5.82 Å². The van der Waals surface area contributed by atoms with Crippen molar-refractivity contribution in [2.75, 3.05) is 44.3 Å². The van der Waals surface area contributed by atoms with Gasteiger partial charge in [-0.2, -0.15) is 0 Å². The molecule has 1 saturated carbocycles. The lowest BCUT2D eigenvalue weighted by molar-refractivity contribution is -0.110. The molecule has 2 atom stereocenters. The summed E-state index contributed by atoms with van der Waals surface area (Å²) in [5.74, 6) is 3.22. The van der Waals surface area contributed by atoms with E-state index < -0.39 is 0 Å². The summed E-state index contributed by atoms with van der Waals surface area (Å²) < 4.78 is 5.65. The largest absolute Gasteiger partial charge is 0.381 e. The number of hydrogen-bond donors (Lipinski definition) is 1. The van der Waals surface area contributed by atoms with Crippen molar-refractivity contribution in [3.63, 3.8) is 0 Å². The van der Waals surface area contributed by atoms with E-state index in [4.69, 9.17) is 14.7 Å². The summed E-state index contributed by atoms with van der Waals surface area (Å²) in [5, 5.41) is 2.96. The Bertz CT molecular complexity index is 781. The maximum atomic E-state index is 10.7. The third-order valence-corrected chi connectivity index (χ3v) is 7.82. The van der Waals surface area contributed by atoms with Crippen LogP contribution >= 0.6 is 0 Å². The van der Waals surface area contributed by atoms with Gasteiger partial charge in [-0.1, -0.05) is 20.8 Å². The Labute approximate surface area is 199 Å². The predicted octanol–water partition coefficient (Wildman–Crippen LogP) is 3.48. The van der Waals surface area contributed by atoms with Crippen LogP contribution in [-0.2, 0) is 14.9 Å². The Balaban J connectivity index is 1.35. The van der Waals surface area contributed by atoms with Gasteiger partial charge in [0, 0.05) is 55.7 Å². The predicted molar refractivity (Wildman–Crippen MR) is 132 cm³/mol. The zero-order chi connectivity index (χ0) is 23.4. The molecule has 2 aliphatic heterocycles. The molecule has 2 saturated heterocycles. The van der Waals surface area contributed by atoms with Gasteiger partial charge in [-0.3, -0.25) is 9.69 Å². The summed E-state index contributed by atoms with van der Waals surface area (Å²) in [6, 6.07) is 3.13. The van der Waals surface area contributed by atoms with Gasteiger partial charge in [-0.15, -0.1) is 0 Å². The molecular weight excluding hydrogens is 414 g/mol. The quantitative estimate of drug-likeness (QED) is 0.632. The second-order valence-electron chi connectivity index (χ2n) is 11.4. The van der Waals surface area contributed by atoms with Gasteiger partial charge in [-0.05, 0) is 57.9 Å². The molecule has 1 N–H and O–H groups in total. The monoisotopic (exact) mass is 457 g/mol. The van der Waals surface area contributed by atoms with Gasteiger partial charge in [0.15, 0.2) is 0 Å². The lowest BCUT2D eigenvalue weighted by Crippen LogP contribution is -2.52. The fourth-order valence-corrected chi connectivity index (χ4v) is 5.52. The van der Waals surface area contributed by atoms with Crippen LogP contribution < -0.4 is 10.2 Å². The third kappa shape index (κ3) is 6.24. The van der Waals surface area contributed by atoms with Crippen molar-refractivity contribution < 1.29 is 9.53 Å². The Hall–Kier alpha value is -1.73. The van der Waals surface area contributed by atoms with Gasteiger partial charge in [-0.25, -0.2) is 9.97 Å². The van der Waals surface area contributed by atoms with Gasteiger partial charge < -0.3 is 15.0 Å². The van der Waals surface area contributed by atoms with E-state index in [2.05, 4.69) is 48.9 Å². The van der Waals surface area contributed by atoms with E-state index in [0.29, 0.717) is 18.0 Å². The minimum Gasteiger partial charge on any atom is -0.381 e. The van der Waals surface area contributed by atoms with Crippen molar-refractivity contribution >= 4 is 12.2 Å². The van der Waals surface area contributed by atoms with Gasteiger partial charge in [0.05, 0.1) is 12.3 Å². The standard InChI is InChI=1S/C26H43N5O2/c1-19-16-31(13-12-30(19)11-9-20-5-7-22(8-6-20)27-18-32)24-15-23(21-10-14-33-17-21)28-25(29-24)26(2,3)4/h15,18-22H,5-14,16-17H2,1-4H3,(H,27,32). The SMILES string of the molecule is CC1CN(c2cc(C3CCOC3)nc(C(C)(C)C)n2)CCN1CCC1CCC(NC=O)CC1. The van der Waals surface area contributed by atoms with Crippen LogP contribution in [0, 0.1) is 5.92 Å². The number of aromatic nitrogens is 2. The molecule has 3 fully saturated rings. The minimum atomic E-state index is -0.0715. The minimum absolute atomic E-state index is 0.0715. The highest BCUT2D eigenvalue weighted by atomic mass is 16.5. The summed E-state index contributed by atoms with van der Waals surface area (Å²) in [4.78, 5) is 25.8. The molecule has 3 aliphatic rings. The fraction of sp³-hybridized carbons (Fsp3) is 0.808. The normalized spacial score (nSPS) is 29.3. The first-order chi connectivity index (χ1) is 15.8. The first-order valence-corrected chi connectivity index (χ1v) is 13.0. The lowest BCUT2D eigenvalue weighted by atomic mass is 9.84. The summed E-state index contributed by atoms with van der Waals surface area (Å²) in [5.41, 5.74) is 1.08. The summed E-state index contributed by atoms with van der Waals surface area (Å²) in [7, 11) is 0. The van der Waals surface area contributed by atoms with E-state index in [9.17, 15) is 4.79 Å². The van der Waals surface area contributed by atoms with Gasteiger partial charge >= 0.3 is 0 Å². The van der Waals surface area contributed by atoms with E-state index in [1.807, 2.05) is 0 Å². The number of amides is 1. The first kappa shape index (κ1) is 24.4. The molecule has 7 heteroatoms. The molecule has 1 aromatic rings. The number of piperazine rings is 1. The second kappa shape index (κ2) is 10.7. The van der Waals surface area contributed by atoms with Gasteiger partial charge in [0.2, 0.25) is 6.41 Å². The number of rotatable bonds is 7. The van der Waals surface area contributed by atoms with E-state index in [-0.39, 0.29) is 5.41 Å². The molecule has 7 nitrogen and oxygen atoms in total. The number of ether oxygens (including phenoxy) is 1. The maximum Gasteiger partial charge on any atom is 0.207 e. The van der Waals surface area contributed by atoms with Crippen molar-refractivity contribution in [3.05, 3.63) is 17.6 Å². The molecule has 1 aliphatic carbocycles. The number of nitrogens with one attached hydrogen (secondary N) is 1. The molecule has 1 aromatic heterocycles. The number of nitrogens with zero attached hydrogens (tertiary/aromatic N) is 4. The number of anilines is 1. The molecule has 4 rings (SSSR count). The molecule has 0 radical (unpaired) electrons. The molecule has 2 unspecified atom stereocenters. The summed E-state index contributed by atoms with van der Waals surface area (Å²) in [6.07, 6.45) is 7.92. The Morgan fingerprint density at radius 3 is 2.58 bits per heavy atom. The average molecular weight is 458 g/mol. The third-order valence-electron chi connectivity index (χ3n) is 7.82. The average Bonchev–Trinajstić information content (AvgIpc) is 3.34. The number of hydrogen-bond acceptors (Lipinski definition) is 6. The molecule has 1 amide bonds. The van der Waals surface area contributed by atoms with Crippen molar-refractivity contribution in [1.29, 1.82) is 0 Å². The van der Waals surface area contributed by atoms with Crippen LogP contribution in [0.25, 0.3) is 0 Å². The number of carbonyl (C=O) groups excluding carboxylic acids is 1. The highest BCUT2D eigenvalue weighted by Gasteiger charge is 2.29. The van der Waals surface area contributed by atoms with Gasteiger partial charge in [0.25, 0.3) is 0 Å². The Kier molecular flexibility index (Phi) is 7.90. The molecule has 0 aromatic carbocycles. The second-order valence-corrected chi connectivity index (χ2v) is 11.4. The van der Waals surface area contributed by atoms with E-state index in [0.717, 1.165) is 81.8 Å². The topological polar surface area (TPSA) is 70.6 Å². The molecular formula is C26H43N5O2. The molecule has 0 spiro atoms. The highest BCUT2D eigenvalue weighted by molar-refractivity contribution is 5.46. The van der Waals surface area contributed by atoms with Crippen molar-refractivity contribution in [1.82, 2.24) is 20.2 Å². The smallest absolute Gasteiger partial charge is 0.207 e. The maximum absolute atomic E-state index is 10.7. The van der Waals surface area contributed by atoms with Crippen LogP contribution in [0.15, 0.2) is 6.07 Å². The van der Waals surface area contributed by atoms with E-state index in [1.165, 1.54) is 25.8 Å². The van der Waals surface area contributed by atoms with Crippen molar-refractivity contribution in [2.45, 2.75) is 89.6 Å². The highest BCUT2D eigenvalue weighted by Crippen LogP contribution is 2.31. The van der Waals surface area contributed by atoms with E-state index >= 15 is 0 Å². The van der Waals surface area contributed by atoms with Crippen LogP contribution in [0.5, 0.6) is 0 Å². The van der Waals surface area contributed by atoms with Crippen LogP contribution in [0.1, 0.15) is 83.7 Å². The zero-order valence-corrected chi connectivity index (χ0v) is 21.1. The van der Waals surface area contributed by atoms with Crippen LogP contribution in [0.3, 0.4) is 0 Å². The van der Waals surface area contributed by atoms with Crippen molar-refractivity contribution in [3.8, 4) is 0 Å². The van der Waals surface area contributed by atoms with Gasteiger partial charge in [0.1, 0.15) is 11.6 Å². The first-order valence-electron chi connectivity index (χ1n) is 13.0. The Morgan fingerprint density at radius 1 is 1.15 bits per heavy atom.